The first kappa shape index (κ1) is 10.3. The maximum atomic E-state index is 10.7. The number of ether oxygens (including phenoxy) is 2. The molecular weight excluding hydrogens is 184 g/mol. The molecule has 5 nitrogen and oxygen atoms in total. The third-order valence-corrected chi connectivity index (χ3v) is 1.59. The maximum absolute atomic E-state index is 10.7. The molecule has 0 aliphatic heterocycles. The molecule has 0 bridgehead atoms. The summed E-state index contributed by atoms with van der Waals surface area (Å²) in [7, 11) is 1.33. The van der Waals surface area contributed by atoms with Gasteiger partial charge in [0.2, 0.25) is 0 Å². The Labute approximate surface area is 81.8 Å². The van der Waals surface area contributed by atoms with E-state index in [1.54, 1.807) is 18.3 Å². The summed E-state index contributed by atoms with van der Waals surface area (Å²) in [5, 5.41) is 0. The highest BCUT2D eigenvalue weighted by atomic mass is 16.5. The monoisotopic (exact) mass is 196 g/mol. The summed E-state index contributed by atoms with van der Waals surface area (Å²) >= 11 is 0. The van der Waals surface area contributed by atoms with Gasteiger partial charge in [0, 0.05) is 6.20 Å². The molecule has 1 aromatic rings. The Kier molecular flexibility index (Phi) is 3.72. The SMILES string of the molecule is COC(=O)CCOc1cccnc1N. The number of methoxy groups -OCH3 is 1. The Bertz CT molecular complexity index is 315. The van der Waals surface area contributed by atoms with Gasteiger partial charge in [-0.3, -0.25) is 4.79 Å². The molecule has 0 aromatic carbocycles. The van der Waals surface area contributed by atoms with Crippen LogP contribution in [0.25, 0.3) is 0 Å². The molecule has 0 aliphatic carbocycles. The van der Waals surface area contributed by atoms with Crippen LogP contribution in [-0.4, -0.2) is 24.7 Å². The lowest BCUT2D eigenvalue weighted by Gasteiger charge is -2.06. The zero-order valence-corrected chi connectivity index (χ0v) is 7.90. The molecule has 0 aliphatic rings. The standard InChI is InChI=1S/C9H12N2O3/c1-13-8(12)4-6-14-7-3-2-5-11-9(7)10/h2-3,5H,4,6H2,1H3,(H2,10,11). The smallest absolute Gasteiger partial charge is 0.308 e. The number of anilines is 1. The van der Waals surface area contributed by atoms with E-state index in [1.165, 1.54) is 7.11 Å². The summed E-state index contributed by atoms with van der Waals surface area (Å²) < 4.78 is 9.67. The zero-order chi connectivity index (χ0) is 10.4. The van der Waals surface area contributed by atoms with E-state index in [0.29, 0.717) is 11.6 Å². The quantitative estimate of drug-likeness (QED) is 0.714. The fraction of sp³-hybridized carbons (Fsp3) is 0.333. The van der Waals surface area contributed by atoms with Gasteiger partial charge in [0.15, 0.2) is 11.6 Å². The summed E-state index contributed by atoms with van der Waals surface area (Å²) in [6.07, 6.45) is 1.77. The third-order valence-electron chi connectivity index (χ3n) is 1.59. The van der Waals surface area contributed by atoms with Crippen LogP contribution in [0.1, 0.15) is 6.42 Å². The van der Waals surface area contributed by atoms with Gasteiger partial charge < -0.3 is 15.2 Å². The third kappa shape index (κ3) is 2.93. The second-order valence-electron chi connectivity index (χ2n) is 2.56. The van der Waals surface area contributed by atoms with Crippen molar-refractivity contribution >= 4 is 11.8 Å². The predicted molar refractivity (Wildman–Crippen MR) is 50.8 cm³/mol. The lowest BCUT2D eigenvalue weighted by molar-refractivity contribution is -0.141. The molecular formula is C9H12N2O3. The molecule has 5 heteroatoms. The van der Waals surface area contributed by atoms with Crippen LogP contribution in [0.2, 0.25) is 0 Å². The van der Waals surface area contributed by atoms with Crippen molar-refractivity contribution in [2.45, 2.75) is 6.42 Å². The van der Waals surface area contributed by atoms with E-state index in [0.717, 1.165) is 0 Å². The van der Waals surface area contributed by atoms with Crippen LogP contribution in [0.3, 0.4) is 0 Å². The second-order valence-corrected chi connectivity index (χ2v) is 2.56. The number of nitrogens with two attached hydrogens (primary N) is 1. The molecule has 76 valence electrons. The van der Waals surface area contributed by atoms with Crippen molar-refractivity contribution in [3.8, 4) is 5.75 Å². The van der Waals surface area contributed by atoms with Gasteiger partial charge in [-0.05, 0) is 12.1 Å². The second kappa shape index (κ2) is 5.06. The van der Waals surface area contributed by atoms with Crippen molar-refractivity contribution in [3.63, 3.8) is 0 Å². The van der Waals surface area contributed by atoms with E-state index in [1.807, 2.05) is 0 Å². The summed E-state index contributed by atoms with van der Waals surface area (Å²) in [4.78, 5) is 14.6. The van der Waals surface area contributed by atoms with E-state index in [-0.39, 0.29) is 19.0 Å². The molecule has 1 rings (SSSR count). The fourth-order valence-electron chi connectivity index (χ4n) is 0.871. The number of nitrogen functional groups attached to an aromatic ring is 1. The van der Waals surface area contributed by atoms with Crippen molar-refractivity contribution in [3.05, 3.63) is 18.3 Å². The molecule has 1 heterocycles. The van der Waals surface area contributed by atoms with E-state index in [9.17, 15) is 4.79 Å². The number of nitrogens with zero attached hydrogens (tertiary/aromatic N) is 1. The molecule has 0 unspecified atom stereocenters. The van der Waals surface area contributed by atoms with Crippen molar-refractivity contribution < 1.29 is 14.3 Å². The van der Waals surface area contributed by atoms with Crippen LogP contribution in [0.4, 0.5) is 5.82 Å². The molecule has 2 N–H and O–H groups in total. The van der Waals surface area contributed by atoms with Gasteiger partial charge in [-0.15, -0.1) is 0 Å². The Morgan fingerprint density at radius 1 is 1.64 bits per heavy atom. The van der Waals surface area contributed by atoms with Gasteiger partial charge >= 0.3 is 5.97 Å². The van der Waals surface area contributed by atoms with Crippen molar-refractivity contribution in [1.82, 2.24) is 4.98 Å². The average molecular weight is 196 g/mol. The first-order chi connectivity index (χ1) is 6.74. The fourth-order valence-corrected chi connectivity index (χ4v) is 0.871. The van der Waals surface area contributed by atoms with Crippen LogP contribution in [-0.2, 0) is 9.53 Å². The lowest BCUT2D eigenvalue weighted by atomic mass is 10.4. The number of hydrogen-bond acceptors (Lipinski definition) is 5. The summed E-state index contributed by atoms with van der Waals surface area (Å²) in [6, 6.07) is 3.41. The molecule has 0 spiro atoms. The largest absolute Gasteiger partial charge is 0.489 e. The number of rotatable bonds is 4. The zero-order valence-electron chi connectivity index (χ0n) is 7.90. The minimum absolute atomic E-state index is 0.199. The van der Waals surface area contributed by atoms with E-state index in [4.69, 9.17) is 10.5 Å². The van der Waals surface area contributed by atoms with Gasteiger partial charge in [-0.2, -0.15) is 0 Å². The van der Waals surface area contributed by atoms with Crippen molar-refractivity contribution in [2.24, 2.45) is 0 Å². The number of pyridine rings is 1. The van der Waals surface area contributed by atoms with Crippen LogP contribution in [0.5, 0.6) is 5.75 Å². The van der Waals surface area contributed by atoms with Crippen molar-refractivity contribution in [1.29, 1.82) is 0 Å². The van der Waals surface area contributed by atoms with E-state index >= 15 is 0 Å². The molecule has 0 amide bonds. The Morgan fingerprint density at radius 3 is 3.07 bits per heavy atom. The molecule has 1 aromatic heterocycles. The van der Waals surface area contributed by atoms with Crippen LogP contribution in [0.15, 0.2) is 18.3 Å². The number of esters is 1. The van der Waals surface area contributed by atoms with Gasteiger partial charge in [0.1, 0.15) is 0 Å². The van der Waals surface area contributed by atoms with E-state index < -0.39 is 0 Å². The lowest BCUT2D eigenvalue weighted by Crippen LogP contribution is -2.08. The minimum atomic E-state index is -0.313. The molecule has 0 atom stereocenters. The summed E-state index contributed by atoms with van der Waals surface area (Å²) in [6.45, 7) is 0.239. The molecule has 0 saturated carbocycles. The van der Waals surface area contributed by atoms with Crippen LogP contribution in [0, 0.1) is 0 Å². The van der Waals surface area contributed by atoms with Crippen LogP contribution < -0.4 is 10.5 Å². The number of aromatic nitrogens is 1. The maximum Gasteiger partial charge on any atom is 0.308 e. The molecule has 0 radical (unpaired) electrons. The van der Waals surface area contributed by atoms with E-state index in [2.05, 4.69) is 9.72 Å². The highest BCUT2D eigenvalue weighted by Crippen LogP contribution is 2.16. The molecule has 14 heavy (non-hydrogen) atoms. The number of hydrogen-bond donors (Lipinski definition) is 1. The average Bonchev–Trinajstić information content (AvgIpc) is 2.20. The summed E-state index contributed by atoms with van der Waals surface area (Å²) in [5.74, 6) is 0.487. The Balaban J connectivity index is 2.39. The topological polar surface area (TPSA) is 74.4 Å². The number of carbonyl (C=O) groups is 1. The summed E-state index contributed by atoms with van der Waals surface area (Å²) in [5.41, 5.74) is 5.52. The predicted octanol–water partition coefficient (Wildman–Crippen LogP) is 0.606. The van der Waals surface area contributed by atoms with Crippen LogP contribution >= 0.6 is 0 Å². The first-order valence-corrected chi connectivity index (χ1v) is 4.14. The van der Waals surface area contributed by atoms with Gasteiger partial charge in [-0.25, -0.2) is 4.98 Å². The minimum Gasteiger partial charge on any atom is -0.489 e. The Morgan fingerprint density at radius 2 is 2.43 bits per heavy atom. The normalized spacial score (nSPS) is 9.50. The number of carbonyl (C=O) groups excluding carboxylic acids is 1. The highest BCUT2D eigenvalue weighted by molar-refractivity contribution is 5.69. The highest BCUT2D eigenvalue weighted by Gasteiger charge is 2.03. The van der Waals surface area contributed by atoms with Gasteiger partial charge in [-0.1, -0.05) is 0 Å². The van der Waals surface area contributed by atoms with Gasteiger partial charge in [0.05, 0.1) is 20.1 Å². The first-order valence-electron chi connectivity index (χ1n) is 4.14. The van der Waals surface area contributed by atoms with Crippen molar-refractivity contribution in [2.75, 3.05) is 19.5 Å². The van der Waals surface area contributed by atoms with Gasteiger partial charge in [0.25, 0.3) is 0 Å². The Hall–Kier alpha value is -1.78. The molecule has 0 saturated heterocycles. The molecule has 0 fully saturated rings.